The molecule has 1 aromatic heterocycles. The second-order valence-corrected chi connectivity index (χ2v) is 10.6. The zero-order valence-corrected chi connectivity index (χ0v) is 21.2. The fraction of sp³-hybridized carbons (Fsp3) is 0.308. The van der Waals surface area contributed by atoms with Gasteiger partial charge in [-0.25, -0.2) is 8.42 Å². The van der Waals surface area contributed by atoms with Crippen molar-refractivity contribution in [2.45, 2.75) is 32.6 Å². The third-order valence-corrected chi connectivity index (χ3v) is 8.20. The Balaban J connectivity index is 1.43. The molecule has 2 heterocycles. The van der Waals surface area contributed by atoms with Crippen LogP contribution in [0.25, 0.3) is 12.2 Å². The quantitative estimate of drug-likeness (QED) is 0.551. The van der Waals surface area contributed by atoms with Crippen LogP contribution in [-0.4, -0.2) is 50.0 Å². The van der Waals surface area contributed by atoms with Gasteiger partial charge in [0.2, 0.25) is 15.9 Å². The molecule has 0 atom stereocenters. The Hall–Kier alpha value is -3.43. The topological polar surface area (TPSA) is 95.8 Å². The molecule has 1 aliphatic rings. The maximum absolute atomic E-state index is 13.2. The Labute approximate surface area is 206 Å². The molecule has 0 radical (unpaired) electrons. The van der Waals surface area contributed by atoms with Gasteiger partial charge in [-0.15, -0.1) is 0 Å². The number of nitrogens with zero attached hydrogens (tertiary/aromatic N) is 3. The third kappa shape index (κ3) is 5.31. The molecule has 8 nitrogen and oxygen atoms in total. The first-order valence-electron chi connectivity index (χ1n) is 11.5. The molecule has 0 bridgehead atoms. The lowest BCUT2D eigenvalue weighted by Crippen LogP contribution is -2.48. The molecule has 0 aliphatic carbocycles. The minimum absolute atomic E-state index is 0.213. The Morgan fingerprint density at radius 3 is 2.34 bits per heavy atom. The maximum Gasteiger partial charge on any atom is 0.243 e. The molecule has 3 aromatic rings. The van der Waals surface area contributed by atoms with E-state index in [0.717, 1.165) is 5.56 Å². The summed E-state index contributed by atoms with van der Waals surface area (Å²) in [5, 5.41) is 6.59. The van der Waals surface area contributed by atoms with Crippen LogP contribution in [0.15, 0.2) is 51.9 Å². The molecule has 1 fully saturated rings. The number of aryl methyl sites for hydroxylation is 2. The summed E-state index contributed by atoms with van der Waals surface area (Å²) in [5.41, 5.74) is 5.54. The molecule has 184 valence electrons. The van der Waals surface area contributed by atoms with Crippen LogP contribution < -0.4 is 10.2 Å². The molecule has 2 aromatic carbocycles. The van der Waals surface area contributed by atoms with Gasteiger partial charge in [-0.05, 0) is 61.7 Å². The molecular weight excluding hydrogens is 464 g/mol. The highest BCUT2D eigenvalue weighted by Gasteiger charge is 2.29. The van der Waals surface area contributed by atoms with Gasteiger partial charge in [0.15, 0.2) is 5.76 Å². The summed E-state index contributed by atoms with van der Waals surface area (Å²) in [6.45, 7) is 9.54. The largest absolute Gasteiger partial charge is 0.369 e. The van der Waals surface area contributed by atoms with Gasteiger partial charge in [-0.3, -0.25) is 4.79 Å². The average molecular weight is 495 g/mol. The highest BCUT2D eigenvalue weighted by Crippen LogP contribution is 2.26. The molecule has 1 aliphatic heterocycles. The lowest BCUT2D eigenvalue weighted by atomic mass is 10.1. The summed E-state index contributed by atoms with van der Waals surface area (Å²) < 4.78 is 33.3. The average Bonchev–Trinajstić information content (AvgIpc) is 3.18. The zero-order valence-electron chi connectivity index (χ0n) is 20.4. The first-order chi connectivity index (χ1) is 16.7. The van der Waals surface area contributed by atoms with Crippen LogP contribution >= 0.6 is 0 Å². The van der Waals surface area contributed by atoms with Crippen molar-refractivity contribution < 1.29 is 17.7 Å². The van der Waals surface area contributed by atoms with Gasteiger partial charge in [0.25, 0.3) is 0 Å². The van der Waals surface area contributed by atoms with E-state index in [4.69, 9.17) is 4.52 Å². The second-order valence-electron chi connectivity index (χ2n) is 8.70. The van der Waals surface area contributed by atoms with Crippen LogP contribution in [0.4, 0.5) is 11.4 Å². The summed E-state index contributed by atoms with van der Waals surface area (Å²) in [4.78, 5) is 13.9. The van der Waals surface area contributed by atoms with Crippen molar-refractivity contribution in [2.75, 3.05) is 36.4 Å². The van der Waals surface area contributed by atoms with E-state index in [1.807, 2.05) is 6.07 Å². The van der Waals surface area contributed by atoms with E-state index in [0.29, 0.717) is 43.3 Å². The molecule has 4 rings (SSSR count). The van der Waals surface area contributed by atoms with Gasteiger partial charge in [0.1, 0.15) is 11.4 Å². The number of hydrogen-bond acceptors (Lipinski definition) is 6. The number of carbonyl (C=O) groups is 1. The molecular formula is C26H30N4O4S. The first kappa shape index (κ1) is 24.7. The third-order valence-electron chi connectivity index (χ3n) is 6.29. The van der Waals surface area contributed by atoms with Gasteiger partial charge in [-0.2, -0.15) is 4.31 Å². The minimum atomic E-state index is -3.58. The van der Waals surface area contributed by atoms with Gasteiger partial charge in [-0.1, -0.05) is 35.5 Å². The maximum atomic E-state index is 13.2. The Morgan fingerprint density at radius 2 is 1.69 bits per heavy atom. The van der Waals surface area contributed by atoms with Gasteiger partial charge in [0, 0.05) is 38.8 Å². The van der Waals surface area contributed by atoms with E-state index in [1.54, 1.807) is 47.6 Å². The van der Waals surface area contributed by atoms with Crippen LogP contribution in [0.2, 0.25) is 0 Å². The van der Waals surface area contributed by atoms with E-state index >= 15 is 0 Å². The molecule has 1 amide bonds. The van der Waals surface area contributed by atoms with Gasteiger partial charge in [0.05, 0.1) is 4.90 Å². The van der Waals surface area contributed by atoms with E-state index in [-0.39, 0.29) is 10.8 Å². The fourth-order valence-corrected chi connectivity index (χ4v) is 5.57. The zero-order chi connectivity index (χ0) is 25.2. The van der Waals surface area contributed by atoms with E-state index in [1.165, 1.54) is 23.7 Å². The summed E-state index contributed by atoms with van der Waals surface area (Å²) in [6.07, 6.45) is 3.48. The van der Waals surface area contributed by atoms with Crippen molar-refractivity contribution in [3.8, 4) is 0 Å². The molecule has 9 heteroatoms. The molecule has 1 N–H and O–H groups in total. The standard InChI is InChI=1S/C26H30N4O4S/c1-18-6-5-7-24(19(18)2)29-14-16-30(17-15-29)35(32,33)23-11-8-22(9-12-23)10-13-25-26(27-21(4)31)20(3)28-34-25/h5-13H,14-17H2,1-4H3,(H,27,31). The predicted octanol–water partition coefficient (Wildman–Crippen LogP) is 4.24. The van der Waals surface area contributed by atoms with Crippen molar-refractivity contribution in [3.05, 3.63) is 70.6 Å². The molecule has 1 saturated heterocycles. The number of nitrogens with one attached hydrogen (secondary N) is 1. The van der Waals surface area contributed by atoms with Gasteiger partial charge < -0.3 is 14.7 Å². The summed E-state index contributed by atoms with van der Waals surface area (Å²) in [5.74, 6) is 0.214. The number of benzene rings is 2. The smallest absolute Gasteiger partial charge is 0.243 e. The Kier molecular flexibility index (Phi) is 7.09. The fourth-order valence-electron chi connectivity index (χ4n) is 4.15. The van der Waals surface area contributed by atoms with E-state index in [9.17, 15) is 13.2 Å². The van der Waals surface area contributed by atoms with Crippen LogP contribution in [0, 0.1) is 20.8 Å². The van der Waals surface area contributed by atoms with Gasteiger partial charge >= 0.3 is 0 Å². The van der Waals surface area contributed by atoms with Crippen LogP contribution in [0.1, 0.15) is 35.1 Å². The molecule has 0 unspecified atom stereocenters. The number of amides is 1. The number of carbonyl (C=O) groups excluding carboxylic acids is 1. The van der Waals surface area contributed by atoms with Crippen LogP contribution in [-0.2, 0) is 14.8 Å². The SMILES string of the molecule is CC(=O)Nc1c(C)noc1C=Cc1ccc(S(=O)(=O)N2CCN(c3cccc(C)c3C)CC2)cc1. The second kappa shape index (κ2) is 10.1. The number of aromatic nitrogens is 1. The minimum Gasteiger partial charge on any atom is -0.369 e. The van der Waals surface area contributed by atoms with Crippen LogP contribution in [0.3, 0.4) is 0 Å². The molecule has 0 spiro atoms. The number of hydrogen-bond donors (Lipinski definition) is 1. The first-order valence-corrected chi connectivity index (χ1v) is 12.9. The summed E-state index contributed by atoms with van der Waals surface area (Å²) >= 11 is 0. The van der Waals surface area contributed by atoms with Crippen molar-refractivity contribution in [2.24, 2.45) is 0 Å². The number of rotatable bonds is 6. The van der Waals surface area contributed by atoms with Crippen molar-refractivity contribution in [1.82, 2.24) is 9.46 Å². The predicted molar refractivity (Wildman–Crippen MR) is 138 cm³/mol. The highest BCUT2D eigenvalue weighted by atomic mass is 32.2. The summed E-state index contributed by atoms with van der Waals surface area (Å²) in [7, 11) is -3.58. The number of anilines is 2. The lowest BCUT2D eigenvalue weighted by molar-refractivity contribution is -0.114. The van der Waals surface area contributed by atoms with Crippen molar-refractivity contribution in [1.29, 1.82) is 0 Å². The number of piperazine rings is 1. The normalized spacial score (nSPS) is 15.0. The number of sulfonamides is 1. The van der Waals surface area contributed by atoms with Crippen LogP contribution in [0.5, 0.6) is 0 Å². The molecule has 35 heavy (non-hydrogen) atoms. The van der Waals surface area contributed by atoms with Crippen molar-refractivity contribution in [3.63, 3.8) is 0 Å². The van der Waals surface area contributed by atoms with Crippen molar-refractivity contribution >= 4 is 39.5 Å². The van der Waals surface area contributed by atoms with E-state index < -0.39 is 10.0 Å². The Bertz CT molecular complexity index is 1350. The Morgan fingerprint density at radius 1 is 1.00 bits per heavy atom. The highest BCUT2D eigenvalue weighted by molar-refractivity contribution is 7.89. The molecule has 0 saturated carbocycles. The monoisotopic (exact) mass is 494 g/mol. The summed E-state index contributed by atoms with van der Waals surface area (Å²) in [6, 6.07) is 13.0. The van der Waals surface area contributed by atoms with E-state index in [2.05, 4.69) is 41.4 Å². The lowest BCUT2D eigenvalue weighted by Gasteiger charge is -2.36.